The van der Waals surface area contributed by atoms with Crippen molar-refractivity contribution in [1.82, 2.24) is 14.7 Å². The van der Waals surface area contributed by atoms with E-state index in [1.54, 1.807) is 18.7 Å². The SMILES string of the molecule is CCN(Cc1c(C)nn(C)c1Cl)CC(C)C(=O)O. The summed E-state index contributed by atoms with van der Waals surface area (Å²) in [5.41, 5.74) is 1.86. The van der Waals surface area contributed by atoms with Gasteiger partial charge in [0.05, 0.1) is 11.6 Å². The molecular formula is C12H20ClN3O2. The standard InChI is InChI=1S/C12H20ClN3O2/c1-5-16(6-8(2)12(17)18)7-10-9(3)14-15(4)11(10)13/h8H,5-7H2,1-4H3,(H,17,18). The summed E-state index contributed by atoms with van der Waals surface area (Å²) >= 11 is 6.17. The first-order valence-electron chi connectivity index (χ1n) is 5.99. The Morgan fingerprint density at radius 2 is 2.22 bits per heavy atom. The minimum absolute atomic E-state index is 0.388. The van der Waals surface area contributed by atoms with Gasteiger partial charge in [-0.2, -0.15) is 5.10 Å². The van der Waals surface area contributed by atoms with Gasteiger partial charge in [-0.25, -0.2) is 0 Å². The highest BCUT2D eigenvalue weighted by atomic mass is 35.5. The molecule has 0 aliphatic carbocycles. The molecule has 0 saturated carbocycles. The molecule has 0 radical (unpaired) electrons. The molecule has 0 bridgehead atoms. The summed E-state index contributed by atoms with van der Waals surface area (Å²) in [4.78, 5) is 12.9. The molecule has 1 rings (SSSR count). The Morgan fingerprint density at radius 3 is 2.61 bits per heavy atom. The Kier molecular flexibility index (Phi) is 5.16. The average molecular weight is 274 g/mol. The third kappa shape index (κ3) is 3.46. The predicted octanol–water partition coefficient (Wildman–Crippen LogP) is 1.92. The van der Waals surface area contributed by atoms with Crippen LogP contribution in [0.5, 0.6) is 0 Å². The Morgan fingerprint density at radius 1 is 1.61 bits per heavy atom. The first-order chi connectivity index (χ1) is 8.36. The number of carboxylic acid groups (broad SMARTS) is 1. The lowest BCUT2D eigenvalue weighted by Crippen LogP contribution is -2.31. The Hall–Kier alpha value is -1.07. The first kappa shape index (κ1) is 15.0. The van der Waals surface area contributed by atoms with Crippen molar-refractivity contribution in [3.63, 3.8) is 0 Å². The lowest BCUT2D eigenvalue weighted by atomic mass is 10.1. The molecule has 0 aromatic carbocycles. The Bertz CT molecular complexity index is 431. The number of hydrogen-bond donors (Lipinski definition) is 1. The van der Waals surface area contributed by atoms with Gasteiger partial charge in [0.25, 0.3) is 0 Å². The van der Waals surface area contributed by atoms with E-state index in [1.807, 2.05) is 13.8 Å². The number of carbonyl (C=O) groups is 1. The molecule has 102 valence electrons. The number of carboxylic acids is 1. The van der Waals surface area contributed by atoms with Crippen LogP contribution in [0.15, 0.2) is 0 Å². The third-order valence-corrected chi connectivity index (χ3v) is 3.53. The Labute approximate surface area is 112 Å². The van der Waals surface area contributed by atoms with Gasteiger partial charge in [0.2, 0.25) is 0 Å². The molecule has 6 heteroatoms. The van der Waals surface area contributed by atoms with Crippen molar-refractivity contribution in [2.24, 2.45) is 13.0 Å². The van der Waals surface area contributed by atoms with Crippen LogP contribution < -0.4 is 0 Å². The molecule has 1 atom stereocenters. The molecule has 0 amide bonds. The van der Waals surface area contributed by atoms with Crippen LogP contribution in [0.1, 0.15) is 25.1 Å². The maximum absolute atomic E-state index is 10.9. The van der Waals surface area contributed by atoms with Gasteiger partial charge >= 0.3 is 5.97 Å². The van der Waals surface area contributed by atoms with Crippen LogP contribution in [0, 0.1) is 12.8 Å². The highest BCUT2D eigenvalue weighted by Gasteiger charge is 2.18. The molecule has 1 aromatic heterocycles. The van der Waals surface area contributed by atoms with E-state index >= 15 is 0 Å². The summed E-state index contributed by atoms with van der Waals surface area (Å²) < 4.78 is 1.64. The van der Waals surface area contributed by atoms with Gasteiger partial charge in [-0.3, -0.25) is 14.4 Å². The lowest BCUT2D eigenvalue weighted by Gasteiger charge is -2.22. The smallest absolute Gasteiger partial charge is 0.307 e. The molecule has 0 aliphatic heterocycles. The number of nitrogens with zero attached hydrogens (tertiary/aromatic N) is 3. The monoisotopic (exact) mass is 273 g/mol. The zero-order chi connectivity index (χ0) is 13.9. The number of halogens is 1. The maximum atomic E-state index is 10.9. The molecule has 0 aliphatic rings. The van der Waals surface area contributed by atoms with Gasteiger partial charge in [0.1, 0.15) is 5.15 Å². The fourth-order valence-corrected chi connectivity index (χ4v) is 2.08. The van der Waals surface area contributed by atoms with Crippen LogP contribution in [0.3, 0.4) is 0 Å². The van der Waals surface area contributed by atoms with Crippen LogP contribution in [-0.4, -0.2) is 38.8 Å². The summed E-state index contributed by atoms with van der Waals surface area (Å²) in [6.45, 7) is 7.55. The average Bonchev–Trinajstić information content (AvgIpc) is 2.54. The summed E-state index contributed by atoms with van der Waals surface area (Å²) in [5.74, 6) is -1.16. The molecule has 0 saturated heterocycles. The number of aryl methyl sites for hydroxylation is 2. The summed E-state index contributed by atoms with van der Waals surface area (Å²) in [6.07, 6.45) is 0. The van der Waals surface area contributed by atoms with Crippen molar-refractivity contribution in [3.05, 3.63) is 16.4 Å². The van der Waals surface area contributed by atoms with E-state index < -0.39 is 5.97 Å². The zero-order valence-electron chi connectivity index (χ0n) is 11.3. The van der Waals surface area contributed by atoms with Crippen molar-refractivity contribution >= 4 is 17.6 Å². The molecule has 5 nitrogen and oxygen atoms in total. The first-order valence-corrected chi connectivity index (χ1v) is 6.37. The number of rotatable bonds is 6. The topological polar surface area (TPSA) is 58.4 Å². The molecule has 1 aromatic rings. The quantitative estimate of drug-likeness (QED) is 0.860. The molecule has 0 fully saturated rings. The highest BCUT2D eigenvalue weighted by molar-refractivity contribution is 6.30. The largest absolute Gasteiger partial charge is 0.481 e. The fourth-order valence-electron chi connectivity index (χ4n) is 1.85. The van der Waals surface area contributed by atoms with Crippen LogP contribution in [0.25, 0.3) is 0 Å². The van der Waals surface area contributed by atoms with Gasteiger partial charge in [-0.15, -0.1) is 0 Å². The van der Waals surface area contributed by atoms with E-state index in [0.29, 0.717) is 18.2 Å². The molecular weight excluding hydrogens is 254 g/mol. The molecule has 1 N–H and O–H groups in total. The number of hydrogen-bond acceptors (Lipinski definition) is 3. The van der Waals surface area contributed by atoms with Crippen LogP contribution in [-0.2, 0) is 18.4 Å². The van der Waals surface area contributed by atoms with E-state index in [4.69, 9.17) is 16.7 Å². The van der Waals surface area contributed by atoms with Crippen LogP contribution >= 0.6 is 11.6 Å². The Balaban J connectivity index is 2.77. The van der Waals surface area contributed by atoms with Gasteiger partial charge < -0.3 is 5.11 Å². The van der Waals surface area contributed by atoms with E-state index in [9.17, 15) is 4.79 Å². The van der Waals surface area contributed by atoms with Gasteiger partial charge in [-0.1, -0.05) is 25.4 Å². The van der Waals surface area contributed by atoms with Crippen molar-refractivity contribution in [3.8, 4) is 0 Å². The van der Waals surface area contributed by atoms with Gasteiger partial charge in [0, 0.05) is 25.7 Å². The third-order valence-electron chi connectivity index (χ3n) is 3.05. The minimum Gasteiger partial charge on any atom is -0.481 e. The van der Waals surface area contributed by atoms with E-state index in [0.717, 1.165) is 17.8 Å². The van der Waals surface area contributed by atoms with Crippen LogP contribution in [0.4, 0.5) is 0 Å². The maximum Gasteiger partial charge on any atom is 0.307 e. The van der Waals surface area contributed by atoms with E-state index in [-0.39, 0.29) is 5.92 Å². The fraction of sp³-hybridized carbons (Fsp3) is 0.667. The zero-order valence-corrected chi connectivity index (χ0v) is 12.0. The second-order valence-corrected chi connectivity index (χ2v) is 4.90. The minimum atomic E-state index is -0.776. The lowest BCUT2D eigenvalue weighted by molar-refractivity contribution is -0.141. The number of aromatic nitrogens is 2. The molecule has 1 unspecified atom stereocenters. The molecule has 18 heavy (non-hydrogen) atoms. The predicted molar refractivity (Wildman–Crippen MR) is 70.7 cm³/mol. The second-order valence-electron chi connectivity index (χ2n) is 4.55. The molecule has 1 heterocycles. The summed E-state index contributed by atoms with van der Waals surface area (Å²) in [6, 6.07) is 0. The second kappa shape index (κ2) is 6.20. The normalized spacial score (nSPS) is 13.0. The number of aliphatic carboxylic acids is 1. The van der Waals surface area contributed by atoms with E-state index in [1.165, 1.54) is 0 Å². The highest BCUT2D eigenvalue weighted by Crippen LogP contribution is 2.20. The van der Waals surface area contributed by atoms with Crippen molar-refractivity contribution in [2.45, 2.75) is 27.3 Å². The van der Waals surface area contributed by atoms with Gasteiger partial charge in [0.15, 0.2) is 0 Å². The van der Waals surface area contributed by atoms with Crippen molar-refractivity contribution in [1.29, 1.82) is 0 Å². The van der Waals surface area contributed by atoms with Crippen molar-refractivity contribution < 1.29 is 9.90 Å². The van der Waals surface area contributed by atoms with Gasteiger partial charge in [-0.05, 0) is 13.5 Å². The van der Waals surface area contributed by atoms with E-state index in [2.05, 4.69) is 10.00 Å². The van der Waals surface area contributed by atoms with Crippen LogP contribution in [0.2, 0.25) is 5.15 Å². The summed E-state index contributed by atoms with van der Waals surface area (Å²) in [5, 5.41) is 13.8. The van der Waals surface area contributed by atoms with Crippen molar-refractivity contribution in [2.75, 3.05) is 13.1 Å². The summed E-state index contributed by atoms with van der Waals surface area (Å²) in [7, 11) is 1.80. The molecule has 0 spiro atoms.